The number of anilines is 1. The summed E-state index contributed by atoms with van der Waals surface area (Å²) in [5.74, 6) is -1.29. The van der Waals surface area contributed by atoms with E-state index in [4.69, 9.17) is 5.11 Å². The topological polar surface area (TPSA) is 98.3 Å². The normalized spacial score (nSPS) is 15.5. The number of hydrogen-bond donors (Lipinski definition) is 3. The van der Waals surface area contributed by atoms with Crippen molar-refractivity contribution in [1.29, 1.82) is 0 Å². The number of nitrogens with zero attached hydrogens (tertiary/aromatic N) is 2. The molecular weight excluding hydrogens is 224 g/mol. The Morgan fingerprint density at radius 2 is 2.12 bits per heavy atom. The van der Waals surface area contributed by atoms with E-state index in [0.29, 0.717) is 11.4 Å². The number of urea groups is 1. The van der Waals surface area contributed by atoms with Gasteiger partial charge in [0.05, 0.1) is 23.0 Å². The van der Waals surface area contributed by atoms with Crippen LogP contribution in [-0.2, 0) is 4.79 Å². The maximum absolute atomic E-state index is 11.7. The molecule has 0 atom stereocenters. The lowest BCUT2D eigenvalue weighted by Gasteiger charge is -2.36. The Hall–Kier alpha value is -2.05. The number of H-pyrrole nitrogens is 1. The lowest BCUT2D eigenvalue weighted by molar-refractivity contribution is -0.145. The molecule has 0 saturated carbocycles. The molecule has 0 aromatic carbocycles. The Morgan fingerprint density at radius 1 is 1.47 bits per heavy atom. The minimum Gasteiger partial charge on any atom is -0.481 e. The number of carbonyl (C=O) groups excluding carboxylic acids is 1. The van der Waals surface area contributed by atoms with Crippen LogP contribution in [0.15, 0.2) is 0 Å². The molecule has 1 aromatic rings. The monoisotopic (exact) mass is 238 g/mol. The second kappa shape index (κ2) is 4.08. The van der Waals surface area contributed by atoms with Gasteiger partial charge in [0.1, 0.15) is 0 Å². The fraction of sp³-hybridized carbons (Fsp3) is 0.500. The van der Waals surface area contributed by atoms with Crippen LogP contribution in [0.3, 0.4) is 0 Å². The second-order valence-electron chi connectivity index (χ2n) is 4.18. The first-order chi connectivity index (χ1) is 7.99. The number of nitrogens with one attached hydrogen (secondary N) is 2. The summed E-state index contributed by atoms with van der Waals surface area (Å²) in [4.78, 5) is 23.8. The Balaban J connectivity index is 1.93. The summed E-state index contributed by atoms with van der Waals surface area (Å²) in [6.45, 7) is 4.12. The molecule has 1 aromatic heterocycles. The zero-order valence-electron chi connectivity index (χ0n) is 9.65. The van der Waals surface area contributed by atoms with Crippen LogP contribution < -0.4 is 5.32 Å². The molecule has 1 saturated heterocycles. The molecule has 1 fully saturated rings. The molecule has 7 heteroatoms. The van der Waals surface area contributed by atoms with E-state index in [-0.39, 0.29) is 19.1 Å². The highest BCUT2D eigenvalue weighted by Gasteiger charge is 2.35. The Bertz CT molecular complexity index is 443. The quantitative estimate of drug-likeness (QED) is 0.701. The molecule has 0 bridgehead atoms. The second-order valence-corrected chi connectivity index (χ2v) is 4.18. The number of amides is 2. The van der Waals surface area contributed by atoms with Gasteiger partial charge in [0.15, 0.2) is 0 Å². The maximum atomic E-state index is 11.7. The molecule has 1 aliphatic rings. The first-order valence-electron chi connectivity index (χ1n) is 5.29. The zero-order valence-corrected chi connectivity index (χ0v) is 9.65. The number of aliphatic carboxylic acids is 1. The van der Waals surface area contributed by atoms with E-state index in [1.165, 1.54) is 4.90 Å². The van der Waals surface area contributed by atoms with E-state index in [1.807, 2.05) is 6.92 Å². The van der Waals surface area contributed by atoms with Gasteiger partial charge < -0.3 is 15.3 Å². The summed E-state index contributed by atoms with van der Waals surface area (Å²) in [7, 11) is 0. The van der Waals surface area contributed by atoms with Crippen molar-refractivity contribution >= 4 is 17.7 Å². The van der Waals surface area contributed by atoms with Gasteiger partial charge in [-0.3, -0.25) is 9.89 Å². The van der Waals surface area contributed by atoms with Crippen LogP contribution in [-0.4, -0.2) is 45.3 Å². The molecule has 0 aliphatic carbocycles. The summed E-state index contributed by atoms with van der Waals surface area (Å²) in [6, 6.07) is -0.282. The van der Waals surface area contributed by atoms with Crippen molar-refractivity contribution in [3.63, 3.8) is 0 Å². The fourth-order valence-electron chi connectivity index (χ4n) is 1.72. The van der Waals surface area contributed by atoms with E-state index in [0.717, 1.165) is 5.69 Å². The van der Waals surface area contributed by atoms with Gasteiger partial charge in [-0.25, -0.2) is 4.79 Å². The number of aryl methyl sites for hydroxylation is 2. The highest BCUT2D eigenvalue weighted by atomic mass is 16.4. The first-order valence-corrected chi connectivity index (χ1v) is 5.29. The van der Waals surface area contributed by atoms with Crippen LogP contribution in [0.2, 0.25) is 0 Å². The molecule has 7 nitrogen and oxygen atoms in total. The van der Waals surface area contributed by atoms with Gasteiger partial charge in [-0.15, -0.1) is 0 Å². The van der Waals surface area contributed by atoms with Gasteiger partial charge in [0, 0.05) is 13.1 Å². The van der Waals surface area contributed by atoms with Crippen LogP contribution >= 0.6 is 0 Å². The van der Waals surface area contributed by atoms with E-state index in [9.17, 15) is 9.59 Å². The third-order valence-corrected chi connectivity index (χ3v) is 2.88. The zero-order chi connectivity index (χ0) is 12.6. The van der Waals surface area contributed by atoms with E-state index in [2.05, 4.69) is 15.5 Å². The number of carboxylic acids is 1. The molecule has 17 heavy (non-hydrogen) atoms. The summed E-state index contributed by atoms with van der Waals surface area (Å²) in [5, 5.41) is 18.2. The van der Waals surface area contributed by atoms with Crippen molar-refractivity contribution in [3.05, 3.63) is 11.4 Å². The predicted octanol–water partition coefficient (Wildman–Crippen LogP) is 0.575. The summed E-state index contributed by atoms with van der Waals surface area (Å²) in [6.07, 6.45) is 0. The molecule has 2 heterocycles. The first kappa shape index (κ1) is 11.4. The highest BCUT2D eigenvalue weighted by molar-refractivity contribution is 5.92. The maximum Gasteiger partial charge on any atom is 0.321 e. The molecule has 1 aliphatic heterocycles. The molecule has 3 N–H and O–H groups in total. The Kier molecular flexibility index (Phi) is 2.74. The van der Waals surface area contributed by atoms with Crippen molar-refractivity contribution in [3.8, 4) is 0 Å². The van der Waals surface area contributed by atoms with Crippen LogP contribution in [0.25, 0.3) is 0 Å². The van der Waals surface area contributed by atoms with E-state index in [1.54, 1.807) is 6.92 Å². The number of rotatable bonds is 2. The molecule has 0 unspecified atom stereocenters. The van der Waals surface area contributed by atoms with Crippen molar-refractivity contribution < 1.29 is 14.7 Å². The Labute approximate surface area is 97.8 Å². The number of carbonyl (C=O) groups is 2. The van der Waals surface area contributed by atoms with Gasteiger partial charge in [0.2, 0.25) is 0 Å². The SMILES string of the molecule is Cc1n[nH]c(C)c1NC(=O)N1CC(C(=O)O)C1. The minimum atomic E-state index is -0.857. The third kappa shape index (κ3) is 2.08. The third-order valence-electron chi connectivity index (χ3n) is 2.88. The summed E-state index contributed by atoms with van der Waals surface area (Å²) in [5.41, 5.74) is 2.16. The van der Waals surface area contributed by atoms with Gasteiger partial charge in [0.25, 0.3) is 0 Å². The van der Waals surface area contributed by atoms with E-state index < -0.39 is 11.9 Å². The average Bonchev–Trinajstić information content (AvgIpc) is 2.46. The standard InChI is InChI=1S/C10H14N4O3/c1-5-8(6(2)13-12-5)11-10(17)14-3-7(4-14)9(15)16/h7H,3-4H2,1-2H3,(H,11,17)(H,12,13)(H,15,16). The van der Waals surface area contributed by atoms with Crippen molar-refractivity contribution in [1.82, 2.24) is 15.1 Å². The molecule has 92 valence electrons. The van der Waals surface area contributed by atoms with Crippen molar-refractivity contribution in [2.45, 2.75) is 13.8 Å². The number of carboxylic acid groups (broad SMARTS) is 1. The number of hydrogen-bond acceptors (Lipinski definition) is 3. The van der Waals surface area contributed by atoms with Gasteiger partial charge in [-0.05, 0) is 13.8 Å². The number of aromatic nitrogens is 2. The molecule has 2 amide bonds. The molecule has 0 spiro atoms. The lowest BCUT2D eigenvalue weighted by atomic mass is 10.0. The van der Waals surface area contributed by atoms with Crippen LogP contribution in [0.4, 0.5) is 10.5 Å². The predicted molar refractivity (Wildman–Crippen MR) is 59.8 cm³/mol. The average molecular weight is 238 g/mol. The summed E-state index contributed by atoms with van der Waals surface area (Å²) < 4.78 is 0. The molecule has 2 rings (SSSR count). The highest BCUT2D eigenvalue weighted by Crippen LogP contribution is 2.20. The van der Waals surface area contributed by atoms with Crippen LogP contribution in [0.1, 0.15) is 11.4 Å². The number of likely N-dealkylation sites (tertiary alicyclic amines) is 1. The summed E-state index contributed by atoms with van der Waals surface area (Å²) >= 11 is 0. The number of aromatic amines is 1. The van der Waals surface area contributed by atoms with Crippen LogP contribution in [0.5, 0.6) is 0 Å². The fourth-order valence-corrected chi connectivity index (χ4v) is 1.72. The van der Waals surface area contributed by atoms with Gasteiger partial charge in [-0.2, -0.15) is 5.10 Å². The van der Waals surface area contributed by atoms with Crippen molar-refractivity contribution in [2.24, 2.45) is 5.92 Å². The Morgan fingerprint density at radius 3 is 2.59 bits per heavy atom. The van der Waals surface area contributed by atoms with E-state index >= 15 is 0 Å². The minimum absolute atomic E-state index is 0.261. The molecule has 0 radical (unpaired) electrons. The molecular formula is C10H14N4O3. The van der Waals surface area contributed by atoms with Gasteiger partial charge >= 0.3 is 12.0 Å². The van der Waals surface area contributed by atoms with Crippen molar-refractivity contribution in [2.75, 3.05) is 18.4 Å². The van der Waals surface area contributed by atoms with Gasteiger partial charge in [-0.1, -0.05) is 0 Å². The largest absolute Gasteiger partial charge is 0.481 e. The lowest BCUT2D eigenvalue weighted by Crippen LogP contribution is -2.54. The van der Waals surface area contributed by atoms with Crippen LogP contribution in [0, 0.1) is 19.8 Å². The smallest absolute Gasteiger partial charge is 0.321 e.